The number of rotatable bonds is 4. The molecule has 1 saturated carbocycles. The minimum Gasteiger partial charge on any atom is -0.388 e. The molecule has 2 fully saturated rings. The summed E-state index contributed by atoms with van der Waals surface area (Å²) >= 11 is 0. The van der Waals surface area contributed by atoms with E-state index in [9.17, 15) is 5.11 Å². The first-order chi connectivity index (χ1) is 9.65. The van der Waals surface area contributed by atoms with E-state index in [-0.39, 0.29) is 0 Å². The zero-order valence-corrected chi connectivity index (χ0v) is 12.3. The van der Waals surface area contributed by atoms with Crippen LogP contribution in [0.1, 0.15) is 42.7 Å². The van der Waals surface area contributed by atoms with Crippen LogP contribution in [0.2, 0.25) is 0 Å². The summed E-state index contributed by atoms with van der Waals surface area (Å²) in [5.74, 6) is 0.691. The largest absolute Gasteiger partial charge is 0.388 e. The Morgan fingerprint density at radius 1 is 1.30 bits per heavy atom. The van der Waals surface area contributed by atoms with Gasteiger partial charge in [-0.3, -0.25) is 0 Å². The van der Waals surface area contributed by atoms with Crippen molar-refractivity contribution in [3.63, 3.8) is 0 Å². The first-order valence-corrected chi connectivity index (χ1v) is 7.75. The van der Waals surface area contributed by atoms with Crippen LogP contribution in [0.3, 0.4) is 0 Å². The monoisotopic (exact) mass is 275 g/mol. The number of hydrogen-bond donors (Lipinski definition) is 2. The van der Waals surface area contributed by atoms with Gasteiger partial charge in [-0.05, 0) is 31.2 Å². The van der Waals surface area contributed by atoms with Crippen molar-refractivity contribution in [2.45, 2.75) is 50.2 Å². The molecule has 0 bridgehead atoms. The summed E-state index contributed by atoms with van der Waals surface area (Å²) in [6.45, 7) is 4.24. The van der Waals surface area contributed by atoms with E-state index in [1.54, 1.807) is 0 Å². The van der Waals surface area contributed by atoms with Crippen LogP contribution in [0.4, 0.5) is 0 Å². The third-order valence-electron chi connectivity index (χ3n) is 4.79. The highest BCUT2D eigenvalue weighted by atomic mass is 16.5. The molecule has 2 N–H and O–H groups in total. The van der Waals surface area contributed by atoms with Gasteiger partial charge in [0.25, 0.3) is 0 Å². The molecule has 0 unspecified atom stereocenters. The van der Waals surface area contributed by atoms with Crippen molar-refractivity contribution < 1.29 is 9.84 Å². The van der Waals surface area contributed by atoms with Crippen molar-refractivity contribution in [1.29, 1.82) is 0 Å². The van der Waals surface area contributed by atoms with Crippen molar-refractivity contribution in [2.24, 2.45) is 0 Å². The van der Waals surface area contributed by atoms with Gasteiger partial charge in [0.05, 0.1) is 5.60 Å². The molecule has 2 aliphatic rings. The third kappa shape index (κ3) is 3.22. The van der Waals surface area contributed by atoms with Gasteiger partial charge in [0.2, 0.25) is 0 Å². The van der Waals surface area contributed by atoms with Crippen molar-refractivity contribution in [2.75, 3.05) is 19.8 Å². The second-order valence-electron chi connectivity index (χ2n) is 6.50. The lowest BCUT2D eigenvalue weighted by atomic mass is 9.75. The number of aliphatic hydroxyl groups is 1. The molecule has 1 heterocycles. The van der Waals surface area contributed by atoms with Crippen LogP contribution >= 0.6 is 0 Å². The zero-order chi connectivity index (χ0) is 14.0. The Kier molecular flexibility index (Phi) is 4.11. The lowest BCUT2D eigenvalue weighted by molar-refractivity contribution is -0.0640. The van der Waals surface area contributed by atoms with Crippen molar-refractivity contribution in [1.82, 2.24) is 5.32 Å². The summed E-state index contributed by atoms with van der Waals surface area (Å²) in [4.78, 5) is 0. The first-order valence-electron chi connectivity index (χ1n) is 7.75. The normalized spacial score (nSPS) is 28.9. The van der Waals surface area contributed by atoms with E-state index in [1.807, 2.05) is 0 Å². The van der Waals surface area contributed by atoms with Crippen LogP contribution in [-0.4, -0.2) is 36.5 Å². The maximum Gasteiger partial charge on any atom is 0.0815 e. The molecule has 1 saturated heterocycles. The quantitative estimate of drug-likeness (QED) is 0.886. The Hall–Kier alpha value is -0.900. The summed E-state index contributed by atoms with van der Waals surface area (Å²) in [7, 11) is 0. The van der Waals surface area contributed by atoms with E-state index in [4.69, 9.17) is 4.74 Å². The van der Waals surface area contributed by atoms with Crippen molar-refractivity contribution >= 4 is 0 Å². The SMILES string of the molecule is Cc1cccc(C2CC(NCC3(O)CCOCC3)C2)c1. The van der Waals surface area contributed by atoms with E-state index in [1.165, 1.54) is 24.0 Å². The van der Waals surface area contributed by atoms with Gasteiger partial charge in [-0.1, -0.05) is 29.8 Å². The minimum absolute atomic E-state index is 0.549. The molecule has 0 spiro atoms. The lowest BCUT2D eigenvalue weighted by Gasteiger charge is -2.40. The van der Waals surface area contributed by atoms with Crippen LogP contribution < -0.4 is 5.32 Å². The zero-order valence-electron chi connectivity index (χ0n) is 12.3. The molecule has 110 valence electrons. The van der Waals surface area contributed by atoms with Gasteiger partial charge in [-0.2, -0.15) is 0 Å². The van der Waals surface area contributed by atoms with E-state index >= 15 is 0 Å². The van der Waals surface area contributed by atoms with E-state index in [2.05, 4.69) is 36.5 Å². The van der Waals surface area contributed by atoms with Gasteiger partial charge in [-0.15, -0.1) is 0 Å². The first kappa shape index (κ1) is 14.1. The Morgan fingerprint density at radius 3 is 2.75 bits per heavy atom. The second kappa shape index (κ2) is 5.84. The molecule has 0 aromatic heterocycles. The van der Waals surface area contributed by atoms with Crippen LogP contribution in [0, 0.1) is 6.92 Å². The molecule has 0 atom stereocenters. The Labute approximate surface area is 121 Å². The average molecular weight is 275 g/mol. The van der Waals surface area contributed by atoms with Crippen molar-refractivity contribution in [3.8, 4) is 0 Å². The fraction of sp³-hybridized carbons (Fsp3) is 0.647. The second-order valence-corrected chi connectivity index (χ2v) is 6.50. The fourth-order valence-electron chi connectivity index (χ4n) is 3.24. The Balaban J connectivity index is 1.44. The predicted molar refractivity (Wildman–Crippen MR) is 79.9 cm³/mol. The number of benzene rings is 1. The summed E-state index contributed by atoms with van der Waals surface area (Å²) in [6.07, 6.45) is 3.90. The highest BCUT2D eigenvalue weighted by Gasteiger charge is 2.34. The molecule has 20 heavy (non-hydrogen) atoms. The van der Waals surface area contributed by atoms with Gasteiger partial charge in [0.15, 0.2) is 0 Å². The lowest BCUT2D eigenvalue weighted by Crippen LogP contribution is -2.50. The maximum absolute atomic E-state index is 10.4. The fourth-order valence-corrected chi connectivity index (χ4v) is 3.24. The molecule has 3 rings (SSSR count). The third-order valence-corrected chi connectivity index (χ3v) is 4.79. The minimum atomic E-state index is -0.549. The standard InChI is InChI=1S/C17H25NO2/c1-13-3-2-4-14(9-13)15-10-16(11-15)18-12-17(19)5-7-20-8-6-17/h2-4,9,15-16,18-19H,5-8,10-12H2,1H3. The molecule has 1 aliphatic carbocycles. The van der Waals surface area contributed by atoms with Gasteiger partial charge in [0.1, 0.15) is 0 Å². The summed E-state index contributed by atoms with van der Waals surface area (Å²) in [5, 5.41) is 14.0. The van der Waals surface area contributed by atoms with Gasteiger partial charge in [0, 0.05) is 38.6 Å². The Bertz CT molecular complexity index is 448. The van der Waals surface area contributed by atoms with Gasteiger partial charge in [-0.25, -0.2) is 0 Å². The van der Waals surface area contributed by atoms with E-state index < -0.39 is 5.60 Å². The number of nitrogens with one attached hydrogen (secondary N) is 1. The highest BCUT2D eigenvalue weighted by molar-refractivity contribution is 5.27. The van der Waals surface area contributed by atoms with Crippen LogP contribution in [0.15, 0.2) is 24.3 Å². The summed E-state index contributed by atoms with van der Waals surface area (Å²) in [6, 6.07) is 9.40. The molecule has 1 aliphatic heterocycles. The van der Waals surface area contributed by atoms with Crippen molar-refractivity contribution in [3.05, 3.63) is 35.4 Å². The van der Waals surface area contributed by atoms with Gasteiger partial charge < -0.3 is 15.2 Å². The maximum atomic E-state index is 10.4. The smallest absolute Gasteiger partial charge is 0.0815 e. The molecular formula is C17H25NO2. The number of aryl methyl sites for hydroxylation is 1. The molecule has 3 nitrogen and oxygen atoms in total. The summed E-state index contributed by atoms with van der Waals surface area (Å²) in [5.41, 5.74) is 2.26. The molecule has 1 aromatic rings. The van der Waals surface area contributed by atoms with E-state index in [0.717, 1.165) is 12.8 Å². The van der Waals surface area contributed by atoms with Gasteiger partial charge >= 0.3 is 0 Å². The van der Waals surface area contributed by atoms with Crippen LogP contribution in [0.25, 0.3) is 0 Å². The van der Waals surface area contributed by atoms with E-state index in [0.29, 0.717) is 31.7 Å². The number of hydrogen-bond acceptors (Lipinski definition) is 3. The molecule has 1 aromatic carbocycles. The summed E-state index contributed by atoms with van der Waals surface area (Å²) < 4.78 is 5.31. The van der Waals surface area contributed by atoms with Crippen LogP contribution in [-0.2, 0) is 4.74 Å². The Morgan fingerprint density at radius 2 is 2.05 bits per heavy atom. The molecular weight excluding hydrogens is 250 g/mol. The van der Waals surface area contributed by atoms with Crippen LogP contribution in [0.5, 0.6) is 0 Å². The topological polar surface area (TPSA) is 41.5 Å². The molecule has 0 amide bonds. The number of ether oxygens (including phenoxy) is 1. The average Bonchev–Trinajstić information content (AvgIpc) is 2.38. The highest BCUT2D eigenvalue weighted by Crippen LogP contribution is 2.37. The molecule has 0 radical (unpaired) electrons. The molecule has 3 heteroatoms. The predicted octanol–water partition coefficient (Wildman–Crippen LogP) is 2.37.